The Labute approximate surface area is 99.5 Å². The monoisotopic (exact) mass is 220 g/mol. The Morgan fingerprint density at radius 2 is 1.69 bits per heavy atom. The number of hydrogen-bond donors (Lipinski definition) is 1. The maximum absolute atomic E-state index is 9.65. The van der Waals surface area contributed by atoms with Gasteiger partial charge in [-0.3, -0.25) is 0 Å². The summed E-state index contributed by atoms with van der Waals surface area (Å²) in [5.74, 6) is 0.597. The number of rotatable bonds is 6. The summed E-state index contributed by atoms with van der Waals surface area (Å²) in [6.45, 7) is 6.53. The van der Waals surface area contributed by atoms with Crippen molar-refractivity contribution in [3.8, 4) is 0 Å². The minimum absolute atomic E-state index is 0.130. The van der Waals surface area contributed by atoms with Gasteiger partial charge in [-0.2, -0.15) is 0 Å². The zero-order valence-electron chi connectivity index (χ0n) is 10.7. The molecule has 0 aromatic heterocycles. The first-order valence-electron chi connectivity index (χ1n) is 6.40. The van der Waals surface area contributed by atoms with E-state index in [9.17, 15) is 5.11 Å². The van der Waals surface area contributed by atoms with Crippen molar-refractivity contribution < 1.29 is 5.11 Å². The third-order valence-corrected chi connectivity index (χ3v) is 3.03. The smallest absolute Gasteiger partial charge is 0.0543 e. The van der Waals surface area contributed by atoms with Crippen LogP contribution < -0.4 is 0 Å². The molecule has 0 bridgehead atoms. The van der Waals surface area contributed by atoms with Gasteiger partial charge < -0.3 is 5.11 Å². The van der Waals surface area contributed by atoms with Crippen molar-refractivity contribution in [1.29, 1.82) is 0 Å². The first kappa shape index (κ1) is 13.2. The molecule has 0 heterocycles. The number of hydrogen-bond acceptors (Lipinski definition) is 1. The molecule has 16 heavy (non-hydrogen) atoms. The summed E-state index contributed by atoms with van der Waals surface area (Å²) in [5, 5.41) is 9.65. The van der Waals surface area contributed by atoms with Crippen molar-refractivity contribution in [3.63, 3.8) is 0 Å². The van der Waals surface area contributed by atoms with Crippen molar-refractivity contribution in [2.24, 2.45) is 0 Å². The molecule has 1 rings (SSSR count). The standard InChI is InChI=1S/C15H24O/c1-4-5-15(16)11-8-13-6-9-14(10-7-13)12(2)3/h6-7,9-10,12,15-16H,4-5,8,11H2,1-3H3. The lowest BCUT2D eigenvalue weighted by Crippen LogP contribution is -2.07. The lowest BCUT2D eigenvalue weighted by atomic mass is 9.99. The lowest BCUT2D eigenvalue weighted by Gasteiger charge is -2.10. The second-order valence-corrected chi connectivity index (χ2v) is 4.88. The molecule has 0 aliphatic heterocycles. The number of aliphatic hydroxyl groups excluding tert-OH is 1. The minimum Gasteiger partial charge on any atom is -0.393 e. The summed E-state index contributed by atoms with van der Waals surface area (Å²) in [7, 11) is 0. The van der Waals surface area contributed by atoms with E-state index in [2.05, 4.69) is 45.0 Å². The summed E-state index contributed by atoms with van der Waals surface area (Å²) in [4.78, 5) is 0. The quantitative estimate of drug-likeness (QED) is 0.770. The third-order valence-electron chi connectivity index (χ3n) is 3.03. The largest absolute Gasteiger partial charge is 0.393 e. The Balaban J connectivity index is 2.43. The van der Waals surface area contributed by atoms with Gasteiger partial charge >= 0.3 is 0 Å². The van der Waals surface area contributed by atoms with Gasteiger partial charge in [0.15, 0.2) is 0 Å². The molecule has 1 unspecified atom stereocenters. The van der Waals surface area contributed by atoms with Crippen LogP contribution in [0.3, 0.4) is 0 Å². The van der Waals surface area contributed by atoms with Gasteiger partial charge in [0.2, 0.25) is 0 Å². The van der Waals surface area contributed by atoms with Crippen LogP contribution in [-0.4, -0.2) is 11.2 Å². The highest BCUT2D eigenvalue weighted by atomic mass is 16.3. The summed E-state index contributed by atoms with van der Waals surface area (Å²) in [6, 6.07) is 8.78. The maximum atomic E-state index is 9.65. The van der Waals surface area contributed by atoms with Crippen molar-refractivity contribution in [3.05, 3.63) is 35.4 Å². The highest BCUT2D eigenvalue weighted by Gasteiger charge is 2.04. The molecule has 1 aromatic rings. The summed E-state index contributed by atoms with van der Waals surface area (Å²) >= 11 is 0. The second-order valence-electron chi connectivity index (χ2n) is 4.88. The van der Waals surface area contributed by atoms with Gasteiger partial charge in [0.25, 0.3) is 0 Å². The molecule has 0 saturated heterocycles. The van der Waals surface area contributed by atoms with Crippen LogP contribution in [0.25, 0.3) is 0 Å². The van der Waals surface area contributed by atoms with Crippen LogP contribution in [0, 0.1) is 0 Å². The number of aliphatic hydroxyl groups is 1. The molecule has 0 aliphatic rings. The Hall–Kier alpha value is -0.820. The van der Waals surface area contributed by atoms with Crippen LogP contribution in [0.1, 0.15) is 57.1 Å². The molecule has 0 aliphatic carbocycles. The van der Waals surface area contributed by atoms with Gasteiger partial charge in [-0.25, -0.2) is 0 Å². The third kappa shape index (κ3) is 4.36. The zero-order valence-corrected chi connectivity index (χ0v) is 10.7. The van der Waals surface area contributed by atoms with Gasteiger partial charge in [0.1, 0.15) is 0 Å². The lowest BCUT2D eigenvalue weighted by molar-refractivity contribution is 0.154. The van der Waals surface area contributed by atoms with Crippen LogP contribution >= 0.6 is 0 Å². The van der Waals surface area contributed by atoms with E-state index in [4.69, 9.17) is 0 Å². The van der Waals surface area contributed by atoms with Gasteiger partial charge in [-0.1, -0.05) is 51.5 Å². The van der Waals surface area contributed by atoms with Gasteiger partial charge in [0.05, 0.1) is 6.10 Å². The molecule has 1 N–H and O–H groups in total. The van der Waals surface area contributed by atoms with Gasteiger partial charge in [-0.05, 0) is 36.3 Å². The van der Waals surface area contributed by atoms with E-state index >= 15 is 0 Å². The predicted molar refractivity (Wildman–Crippen MR) is 69.8 cm³/mol. The fraction of sp³-hybridized carbons (Fsp3) is 0.600. The molecule has 1 aromatic carbocycles. The van der Waals surface area contributed by atoms with Crippen LogP contribution in [-0.2, 0) is 6.42 Å². The van der Waals surface area contributed by atoms with E-state index in [0.29, 0.717) is 5.92 Å². The topological polar surface area (TPSA) is 20.2 Å². The SMILES string of the molecule is CCCC(O)CCc1ccc(C(C)C)cc1. The number of aryl methyl sites for hydroxylation is 1. The van der Waals surface area contributed by atoms with E-state index in [-0.39, 0.29) is 6.10 Å². The van der Waals surface area contributed by atoms with Crippen LogP contribution in [0.4, 0.5) is 0 Å². The molecule has 0 saturated carbocycles. The summed E-state index contributed by atoms with van der Waals surface area (Å²) in [5.41, 5.74) is 2.72. The maximum Gasteiger partial charge on any atom is 0.0543 e. The van der Waals surface area contributed by atoms with Crippen molar-refractivity contribution in [2.45, 2.75) is 58.5 Å². The van der Waals surface area contributed by atoms with E-state index in [1.165, 1.54) is 11.1 Å². The molecule has 0 amide bonds. The first-order chi connectivity index (χ1) is 7.63. The molecule has 1 nitrogen and oxygen atoms in total. The normalized spacial score (nSPS) is 13.1. The average Bonchev–Trinajstić information content (AvgIpc) is 2.27. The Bertz CT molecular complexity index is 287. The van der Waals surface area contributed by atoms with Crippen molar-refractivity contribution in [2.75, 3.05) is 0 Å². The van der Waals surface area contributed by atoms with Gasteiger partial charge in [0, 0.05) is 0 Å². The van der Waals surface area contributed by atoms with Gasteiger partial charge in [-0.15, -0.1) is 0 Å². The fourth-order valence-electron chi connectivity index (χ4n) is 1.88. The zero-order chi connectivity index (χ0) is 12.0. The van der Waals surface area contributed by atoms with E-state index in [1.807, 2.05) is 0 Å². The first-order valence-corrected chi connectivity index (χ1v) is 6.40. The molecule has 0 fully saturated rings. The van der Waals surface area contributed by atoms with Crippen molar-refractivity contribution in [1.82, 2.24) is 0 Å². The molecular formula is C15H24O. The Morgan fingerprint density at radius 1 is 1.06 bits per heavy atom. The predicted octanol–water partition coefficient (Wildman–Crippen LogP) is 3.90. The summed E-state index contributed by atoms with van der Waals surface area (Å²) in [6.07, 6.45) is 3.72. The highest BCUT2D eigenvalue weighted by Crippen LogP contribution is 2.16. The van der Waals surface area contributed by atoms with Crippen molar-refractivity contribution >= 4 is 0 Å². The summed E-state index contributed by atoms with van der Waals surface area (Å²) < 4.78 is 0. The second kappa shape index (κ2) is 6.70. The molecule has 0 radical (unpaired) electrons. The van der Waals surface area contributed by atoms with Crippen LogP contribution in [0.5, 0.6) is 0 Å². The highest BCUT2D eigenvalue weighted by molar-refractivity contribution is 5.24. The van der Waals surface area contributed by atoms with E-state index < -0.39 is 0 Å². The molecular weight excluding hydrogens is 196 g/mol. The molecule has 1 atom stereocenters. The Morgan fingerprint density at radius 3 is 2.19 bits per heavy atom. The van der Waals surface area contributed by atoms with Crippen LogP contribution in [0.2, 0.25) is 0 Å². The Kier molecular flexibility index (Phi) is 5.54. The van der Waals surface area contributed by atoms with Crippen LogP contribution in [0.15, 0.2) is 24.3 Å². The fourth-order valence-corrected chi connectivity index (χ4v) is 1.88. The molecule has 0 spiro atoms. The minimum atomic E-state index is -0.130. The van der Waals surface area contributed by atoms with E-state index in [0.717, 1.165) is 25.7 Å². The number of benzene rings is 1. The molecule has 1 heteroatoms. The average molecular weight is 220 g/mol. The molecule has 90 valence electrons. The van der Waals surface area contributed by atoms with E-state index in [1.54, 1.807) is 0 Å².